The van der Waals surface area contributed by atoms with E-state index >= 15 is 0 Å². The molecule has 0 amide bonds. The van der Waals surface area contributed by atoms with Crippen molar-refractivity contribution in [2.24, 2.45) is 0 Å². The molecule has 54 valence electrons. The molecule has 0 aliphatic heterocycles. The van der Waals surface area contributed by atoms with Crippen molar-refractivity contribution in [3.05, 3.63) is 10.1 Å². The van der Waals surface area contributed by atoms with Crippen molar-refractivity contribution in [1.29, 1.82) is 0 Å². The molecule has 0 fully saturated rings. The van der Waals surface area contributed by atoms with E-state index in [0.29, 0.717) is 0 Å². The van der Waals surface area contributed by atoms with Crippen molar-refractivity contribution in [3.8, 4) is 0 Å². The molecule has 0 atom stereocenters. The summed E-state index contributed by atoms with van der Waals surface area (Å²) in [6.45, 7) is 0. The Hall–Kier alpha value is -1.37. The molecule has 0 spiro atoms. The number of nitrogen functional groups attached to an aromatic ring is 2. The first-order valence-corrected chi connectivity index (χ1v) is 3.09. The zero-order chi connectivity index (χ0) is 7.72. The molecule has 1 heterocycles. The molecule has 6 nitrogen and oxygen atoms in total. The van der Waals surface area contributed by atoms with Crippen molar-refractivity contribution >= 4 is 27.3 Å². The number of nitro groups is 1. The van der Waals surface area contributed by atoms with Gasteiger partial charge in [0.2, 0.25) is 5.82 Å². The lowest BCUT2D eigenvalue weighted by Gasteiger charge is -1.81. The Kier molecular flexibility index (Phi) is 1.42. The van der Waals surface area contributed by atoms with Gasteiger partial charge in [-0.3, -0.25) is 10.1 Å². The molecule has 0 saturated carbocycles. The smallest absolute Gasteiger partial charge is 0.369 e. The molecule has 0 aliphatic carbocycles. The predicted octanol–water partition coefficient (Wildman–Crippen LogP) is 0.216. The number of thiazole rings is 1. The molecule has 0 aromatic carbocycles. The summed E-state index contributed by atoms with van der Waals surface area (Å²) in [5.74, 6) is -0.118. The number of aromatic nitrogens is 1. The number of rotatable bonds is 1. The Morgan fingerprint density at radius 3 is 2.40 bits per heavy atom. The summed E-state index contributed by atoms with van der Waals surface area (Å²) in [5.41, 5.74) is 10.3. The molecule has 1 aromatic heterocycles. The van der Waals surface area contributed by atoms with Gasteiger partial charge in [-0.15, -0.1) is 0 Å². The summed E-state index contributed by atoms with van der Waals surface area (Å²) in [5, 5.41) is 9.99. The highest BCUT2D eigenvalue weighted by atomic mass is 32.1. The van der Waals surface area contributed by atoms with Crippen molar-refractivity contribution in [1.82, 2.24) is 4.98 Å². The molecule has 0 bridgehead atoms. The van der Waals surface area contributed by atoms with E-state index in [2.05, 4.69) is 4.98 Å². The van der Waals surface area contributed by atoms with Crippen LogP contribution in [0, 0.1) is 10.1 Å². The number of anilines is 2. The maximum Gasteiger partial charge on any atom is 0.369 e. The van der Waals surface area contributed by atoms with Gasteiger partial charge >= 0.3 is 5.00 Å². The predicted molar refractivity (Wildman–Crippen MR) is 37.6 cm³/mol. The highest BCUT2D eigenvalue weighted by molar-refractivity contribution is 7.19. The van der Waals surface area contributed by atoms with Gasteiger partial charge in [0.05, 0.1) is 4.92 Å². The second-order valence-electron chi connectivity index (χ2n) is 1.50. The van der Waals surface area contributed by atoms with Crippen LogP contribution in [-0.4, -0.2) is 9.91 Å². The van der Waals surface area contributed by atoms with Gasteiger partial charge < -0.3 is 11.5 Å². The summed E-state index contributed by atoms with van der Waals surface area (Å²) in [6.07, 6.45) is 0. The van der Waals surface area contributed by atoms with E-state index in [4.69, 9.17) is 11.5 Å². The molecule has 10 heavy (non-hydrogen) atoms. The molecule has 1 rings (SSSR count). The zero-order valence-electron chi connectivity index (χ0n) is 4.77. The minimum Gasteiger partial charge on any atom is -0.377 e. The van der Waals surface area contributed by atoms with Crippen LogP contribution in [0.1, 0.15) is 0 Å². The average molecular weight is 160 g/mol. The Morgan fingerprint density at radius 2 is 2.20 bits per heavy atom. The number of hydrogen-bond donors (Lipinski definition) is 2. The van der Waals surface area contributed by atoms with E-state index < -0.39 is 4.92 Å². The minimum absolute atomic E-state index is 0.115. The summed E-state index contributed by atoms with van der Waals surface area (Å²) in [7, 11) is 0. The van der Waals surface area contributed by atoms with E-state index in [1.165, 1.54) is 0 Å². The Balaban J connectivity index is 3.15. The van der Waals surface area contributed by atoms with Gasteiger partial charge in [0.1, 0.15) is 0 Å². The van der Waals surface area contributed by atoms with Gasteiger partial charge in [-0.05, 0) is 11.3 Å². The maximum absolute atomic E-state index is 10.1. The first-order chi connectivity index (χ1) is 4.61. The van der Waals surface area contributed by atoms with Crippen molar-refractivity contribution < 1.29 is 4.92 Å². The average Bonchev–Trinajstić information content (AvgIpc) is 2.10. The van der Waals surface area contributed by atoms with Crippen LogP contribution in [0.5, 0.6) is 0 Å². The van der Waals surface area contributed by atoms with Gasteiger partial charge in [-0.25, -0.2) is 0 Å². The lowest BCUT2D eigenvalue weighted by molar-refractivity contribution is -0.379. The van der Waals surface area contributed by atoms with E-state index in [1.54, 1.807) is 0 Å². The molecule has 7 heteroatoms. The van der Waals surface area contributed by atoms with E-state index in [-0.39, 0.29) is 16.0 Å². The standard InChI is InChI=1S/C3H4N4O2S/c4-1-2(7(8)9)10-3(5)6-1/h4H2,(H2,5,6). The van der Waals surface area contributed by atoms with Gasteiger partial charge in [0.15, 0.2) is 5.13 Å². The molecule has 0 aliphatic rings. The minimum atomic E-state index is -0.608. The largest absolute Gasteiger partial charge is 0.377 e. The van der Waals surface area contributed by atoms with Crippen LogP contribution >= 0.6 is 11.3 Å². The first-order valence-electron chi connectivity index (χ1n) is 2.27. The molecule has 0 unspecified atom stereocenters. The van der Waals surface area contributed by atoms with Crippen LogP contribution in [0.25, 0.3) is 0 Å². The fourth-order valence-corrected chi connectivity index (χ4v) is 1.04. The van der Waals surface area contributed by atoms with Crippen molar-refractivity contribution in [3.63, 3.8) is 0 Å². The van der Waals surface area contributed by atoms with Gasteiger partial charge in [0, 0.05) is 0 Å². The van der Waals surface area contributed by atoms with Crippen LogP contribution in [0.4, 0.5) is 16.0 Å². The second-order valence-corrected chi connectivity index (χ2v) is 2.51. The highest BCUT2D eigenvalue weighted by Gasteiger charge is 2.16. The molecular formula is C3H4N4O2S. The Labute approximate surface area is 59.6 Å². The highest BCUT2D eigenvalue weighted by Crippen LogP contribution is 2.29. The SMILES string of the molecule is Nc1nc(N)c([N+](=O)[O-])s1. The van der Waals surface area contributed by atoms with Gasteiger partial charge in [0.25, 0.3) is 0 Å². The van der Waals surface area contributed by atoms with Crippen molar-refractivity contribution in [2.75, 3.05) is 11.5 Å². The summed E-state index contributed by atoms with van der Waals surface area (Å²) in [4.78, 5) is 12.9. The third kappa shape index (κ3) is 0.982. The van der Waals surface area contributed by atoms with Gasteiger partial charge in [-0.1, -0.05) is 0 Å². The lowest BCUT2D eigenvalue weighted by Crippen LogP contribution is -1.91. The third-order valence-corrected chi connectivity index (χ3v) is 1.67. The molecule has 0 radical (unpaired) electrons. The number of nitrogens with two attached hydrogens (primary N) is 2. The van der Waals surface area contributed by atoms with Crippen LogP contribution in [-0.2, 0) is 0 Å². The fourth-order valence-electron chi connectivity index (χ4n) is 0.471. The van der Waals surface area contributed by atoms with Crippen LogP contribution in [0.3, 0.4) is 0 Å². The summed E-state index contributed by atoms with van der Waals surface area (Å²) < 4.78 is 0. The molecular weight excluding hydrogens is 156 g/mol. The summed E-state index contributed by atoms with van der Waals surface area (Å²) >= 11 is 0.765. The fraction of sp³-hybridized carbons (Fsp3) is 0. The normalized spacial score (nSPS) is 9.60. The molecule has 4 N–H and O–H groups in total. The zero-order valence-corrected chi connectivity index (χ0v) is 5.59. The monoisotopic (exact) mass is 160 g/mol. The van der Waals surface area contributed by atoms with E-state index in [9.17, 15) is 10.1 Å². The Bertz CT molecular complexity index is 269. The first kappa shape index (κ1) is 6.75. The van der Waals surface area contributed by atoms with Crippen LogP contribution in [0.2, 0.25) is 0 Å². The quantitative estimate of drug-likeness (QED) is 0.451. The second kappa shape index (κ2) is 2.10. The number of nitrogens with zero attached hydrogens (tertiary/aromatic N) is 2. The summed E-state index contributed by atoms with van der Waals surface area (Å²) in [6, 6.07) is 0. The van der Waals surface area contributed by atoms with E-state index in [1.807, 2.05) is 0 Å². The Morgan fingerprint density at radius 1 is 1.60 bits per heavy atom. The van der Waals surface area contributed by atoms with Crippen molar-refractivity contribution in [2.45, 2.75) is 0 Å². The third-order valence-electron chi connectivity index (χ3n) is 0.817. The van der Waals surface area contributed by atoms with Crippen LogP contribution < -0.4 is 11.5 Å². The number of hydrogen-bond acceptors (Lipinski definition) is 6. The molecule has 1 aromatic rings. The van der Waals surface area contributed by atoms with E-state index in [0.717, 1.165) is 11.3 Å². The van der Waals surface area contributed by atoms with Gasteiger partial charge in [-0.2, -0.15) is 4.98 Å². The molecule has 0 saturated heterocycles. The van der Waals surface area contributed by atoms with Crippen LogP contribution in [0.15, 0.2) is 0 Å². The lowest BCUT2D eigenvalue weighted by atomic mass is 10.7. The maximum atomic E-state index is 10.1. The topological polar surface area (TPSA) is 108 Å².